The topological polar surface area (TPSA) is 73.8 Å². The van der Waals surface area contributed by atoms with Gasteiger partial charge in [-0.25, -0.2) is 0 Å². The predicted molar refractivity (Wildman–Crippen MR) is 33.1 cm³/mol. The Morgan fingerprint density at radius 2 is 2.60 bits per heavy atom. The van der Waals surface area contributed by atoms with Crippen LogP contribution in [0.3, 0.4) is 0 Å². The highest BCUT2D eigenvalue weighted by atomic mass is 16.6. The van der Waals surface area contributed by atoms with Crippen LogP contribution in [0.4, 0.5) is 5.82 Å². The first-order valence-corrected chi connectivity index (χ1v) is 2.43. The van der Waals surface area contributed by atoms with E-state index in [-0.39, 0.29) is 5.82 Å². The average Bonchev–Trinajstić information content (AvgIpc) is 2.34. The van der Waals surface area contributed by atoms with Gasteiger partial charge in [0.25, 0.3) is 0 Å². The predicted octanol–water partition coefficient (Wildman–Crippen LogP) is 0.287. The molecule has 1 heterocycles. The molecule has 0 aliphatic carbocycles. The number of nitro groups is 1. The number of hydrogen-bond acceptors (Lipinski definition) is 4. The van der Waals surface area contributed by atoms with Gasteiger partial charge < -0.3 is 10.1 Å². The highest BCUT2D eigenvalue weighted by Gasteiger charge is 2.09. The number of nitrogens with zero attached hydrogens (tertiary/aromatic N) is 4. The fraction of sp³-hybridized carbons (Fsp3) is 0. The van der Waals surface area contributed by atoms with Gasteiger partial charge in [-0.3, -0.25) is 0 Å². The first kappa shape index (κ1) is 6.40. The molecule has 0 unspecified atom stereocenters. The third kappa shape index (κ3) is 0.993. The molecule has 1 aromatic heterocycles. The highest BCUT2D eigenvalue weighted by Crippen LogP contribution is 2.00. The van der Waals surface area contributed by atoms with Gasteiger partial charge in [-0.1, -0.05) is 11.4 Å². The molecule has 0 aliphatic rings. The van der Waals surface area contributed by atoms with Crippen molar-refractivity contribution in [3.8, 4) is 0 Å². The van der Waals surface area contributed by atoms with Crippen LogP contribution < -0.4 is 0 Å². The molecule has 1 aromatic rings. The van der Waals surface area contributed by atoms with Crippen LogP contribution in [0.2, 0.25) is 0 Å². The molecule has 1 rings (SSSR count). The first-order chi connectivity index (χ1) is 4.74. The molecule has 0 saturated heterocycles. The second-order valence-electron chi connectivity index (χ2n) is 1.46. The Bertz CT molecular complexity index is 266. The van der Waals surface area contributed by atoms with E-state index in [9.17, 15) is 10.1 Å². The van der Waals surface area contributed by atoms with Crippen LogP contribution >= 0.6 is 0 Å². The highest BCUT2D eigenvalue weighted by molar-refractivity contribution is 5.16. The van der Waals surface area contributed by atoms with E-state index < -0.39 is 4.92 Å². The summed E-state index contributed by atoms with van der Waals surface area (Å²) in [7, 11) is 0. The molecule has 52 valence electrons. The lowest BCUT2D eigenvalue weighted by Gasteiger charge is -1.80. The SMILES string of the molecule is C=Cn1ncc([N+](=O)[O-])n1. The lowest BCUT2D eigenvalue weighted by Crippen LogP contribution is -1.92. The van der Waals surface area contributed by atoms with Crippen molar-refractivity contribution in [2.24, 2.45) is 0 Å². The van der Waals surface area contributed by atoms with Gasteiger partial charge in [-0.05, 0) is 4.92 Å². The van der Waals surface area contributed by atoms with E-state index in [2.05, 4.69) is 16.8 Å². The molecule has 0 N–H and O–H groups in total. The Morgan fingerprint density at radius 1 is 1.90 bits per heavy atom. The zero-order chi connectivity index (χ0) is 7.56. The molecule has 0 spiro atoms. The Hall–Kier alpha value is -1.72. The zero-order valence-corrected chi connectivity index (χ0v) is 4.97. The van der Waals surface area contributed by atoms with Gasteiger partial charge in [0.05, 0.1) is 11.3 Å². The molecule has 0 bridgehead atoms. The molecule has 0 aliphatic heterocycles. The van der Waals surface area contributed by atoms with Gasteiger partial charge in [0.1, 0.15) is 0 Å². The summed E-state index contributed by atoms with van der Waals surface area (Å²) in [5.74, 6) is -0.278. The van der Waals surface area contributed by atoms with Crippen molar-refractivity contribution in [1.82, 2.24) is 15.0 Å². The molecule has 0 radical (unpaired) electrons. The molecule has 0 saturated carbocycles. The van der Waals surface area contributed by atoms with Crippen molar-refractivity contribution in [3.63, 3.8) is 0 Å². The summed E-state index contributed by atoms with van der Waals surface area (Å²) in [5.41, 5.74) is 0. The average molecular weight is 140 g/mol. The van der Waals surface area contributed by atoms with Gasteiger partial charge in [-0.2, -0.15) is 0 Å². The lowest BCUT2D eigenvalue weighted by atomic mass is 10.8. The second kappa shape index (κ2) is 2.26. The van der Waals surface area contributed by atoms with Crippen LogP contribution in [-0.2, 0) is 0 Å². The maximum atomic E-state index is 9.99. The molecular formula is C4H4N4O2. The number of aromatic nitrogens is 3. The van der Waals surface area contributed by atoms with Crippen LogP contribution in [0, 0.1) is 10.1 Å². The Balaban J connectivity index is 2.98. The van der Waals surface area contributed by atoms with Gasteiger partial charge in [0.2, 0.25) is 0 Å². The lowest BCUT2D eigenvalue weighted by molar-refractivity contribution is -0.389. The summed E-state index contributed by atoms with van der Waals surface area (Å²) >= 11 is 0. The summed E-state index contributed by atoms with van der Waals surface area (Å²) in [6.07, 6.45) is 2.33. The van der Waals surface area contributed by atoms with E-state index >= 15 is 0 Å². The zero-order valence-electron chi connectivity index (χ0n) is 4.97. The fourth-order valence-electron chi connectivity index (χ4n) is 0.439. The first-order valence-electron chi connectivity index (χ1n) is 2.43. The molecule has 0 amide bonds. The maximum Gasteiger partial charge on any atom is 0.410 e. The quantitative estimate of drug-likeness (QED) is 0.437. The van der Waals surface area contributed by atoms with E-state index in [1.165, 1.54) is 6.20 Å². The molecular weight excluding hydrogens is 136 g/mol. The van der Waals surface area contributed by atoms with Crippen LogP contribution in [0.5, 0.6) is 0 Å². The summed E-state index contributed by atoms with van der Waals surface area (Å²) in [6, 6.07) is 0. The summed E-state index contributed by atoms with van der Waals surface area (Å²) < 4.78 is 0. The minimum atomic E-state index is -0.618. The minimum Gasteiger partial charge on any atom is -0.358 e. The van der Waals surface area contributed by atoms with Crippen molar-refractivity contribution in [3.05, 3.63) is 22.9 Å². The van der Waals surface area contributed by atoms with Crippen molar-refractivity contribution < 1.29 is 4.92 Å². The van der Waals surface area contributed by atoms with Gasteiger partial charge in [-0.15, -0.1) is 5.10 Å². The number of rotatable bonds is 2. The summed E-state index contributed by atoms with van der Waals surface area (Å²) in [6.45, 7) is 3.32. The standard InChI is InChI=1S/C4H4N4O2/c1-2-7-5-3-4(6-7)8(9)10/h2-3H,1H2. The van der Waals surface area contributed by atoms with Crippen LogP contribution in [0.1, 0.15) is 0 Å². The van der Waals surface area contributed by atoms with Crippen molar-refractivity contribution in [2.45, 2.75) is 0 Å². The van der Waals surface area contributed by atoms with Crippen LogP contribution in [0.25, 0.3) is 6.20 Å². The van der Waals surface area contributed by atoms with Crippen LogP contribution in [0.15, 0.2) is 12.8 Å². The van der Waals surface area contributed by atoms with E-state index in [1.807, 2.05) is 0 Å². The molecule has 0 aromatic carbocycles. The summed E-state index contributed by atoms with van der Waals surface area (Å²) in [4.78, 5) is 10.4. The Morgan fingerprint density at radius 3 is 2.90 bits per heavy atom. The molecule has 6 heteroatoms. The molecule has 10 heavy (non-hydrogen) atoms. The van der Waals surface area contributed by atoms with E-state index in [4.69, 9.17) is 0 Å². The van der Waals surface area contributed by atoms with Crippen molar-refractivity contribution >= 4 is 12.0 Å². The number of hydrogen-bond donors (Lipinski definition) is 0. The van der Waals surface area contributed by atoms with E-state index in [0.29, 0.717) is 0 Å². The molecule has 6 nitrogen and oxygen atoms in total. The van der Waals surface area contributed by atoms with Crippen molar-refractivity contribution in [2.75, 3.05) is 0 Å². The third-order valence-electron chi connectivity index (χ3n) is 0.847. The Labute approximate surface area is 55.9 Å². The minimum absolute atomic E-state index is 0.278. The normalized spacial score (nSPS) is 9.20. The molecule has 0 fully saturated rings. The maximum absolute atomic E-state index is 9.99. The smallest absolute Gasteiger partial charge is 0.358 e. The van der Waals surface area contributed by atoms with Gasteiger partial charge in [0.15, 0.2) is 6.20 Å². The summed E-state index contributed by atoms with van der Waals surface area (Å²) in [5, 5.41) is 16.9. The largest absolute Gasteiger partial charge is 0.410 e. The monoisotopic (exact) mass is 140 g/mol. The van der Waals surface area contributed by atoms with Crippen molar-refractivity contribution in [1.29, 1.82) is 0 Å². The fourth-order valence-corrected chi connectivity index (χ4v) is 0.439. The van der Waals surface area contributed by atoms with E-state index in [1.54, 1.807) is 0 Å². The van der Waals surface area contributed by atoms with Gasteiger partial charge in [0, 0.05) is 0 Å². The van der Waals surface area contributed by atoms with E-state index in [0.717, 1.165) is 11.0 Å². The third-order valence-corrected chi connectivity index (χ3v) is 0.847. The van der Waals surface area contributed by atoms with Crippen LogP contribution in [-0.4, -0.2) is 19.9 Å². The Kier molecular flexibility index (Phi) is 1.44. The second-order valence-corrected chi connectivity index (χ2v) is 1.46. The molecule has 0 atom stereocenters. The van der Waals surface area contributed by atoms with Gasteiger partial charge >= 0.3 is 5.82 Å².